The Labute approximate surface area is 254 Å². The normalized spacial score (nSPS) is 12.0. The maximum Gasteiger partial charge on any atom is 0.227 e. The highest BCUT2D eigenvalue weighted by Gasteiger charge is 2.27. The molecule has 0 atom stereocenters. The van der Waals surface area contributed by atoms with Gasteiger partial charge in [-0.05, 0) is 65.2 Å². The summed E-state index contributed by atoms with van der Waals surface area (Å²) in [5.74, 6) is 0.321. The lowest BCUT2D eigenvalue weighted by molar-refractivity contribution is 0.600. The van der Waals surface area contributed by atoms with Crippen LogP contribution in [0.15, 0.2) is 138 Å². The molecule has 0 bridgehead atoms. The van der Waals surface area contributed by atoms with Gasteiger partial charge in [-0.25, -0.2) is 14.4 Å². The Morgan fingerprint density at radius 3 is 2.11 bits per heavy atom. The van der Waals surface area contributed by atoms with Crippen LogP contribution in [0.4, 0.5) is 4.39 Å². The summed E-state index contributed by atoms with van der Waals surface area (Å²) in [6, 6.07) is 44.1. The van der Waals surface area contributed by atoms with Gasteiger partial charge in [0.25, 0.3) is 0 Å². The number of furan rings is 1. The Morgan fingerprint density at radius 1 is 0.659 bits per heavy atom. The van der Waals surface area contributed by atoms with Crippen LogP contribution < -0.4 is 0 Å². The predicted molar refractivity (Wildman–Crippen MR) is 176 cm³/mol. The predicted octanol–water partition coefficient (Wildman–Crippen LogP) is 10.1. The van der Waals surface area contributed by atoms with Gasteiger partial charge >= 0.3 is 0 Å². The number of halogens is 1. The zero-order chi connectivity index (χ0) is 29.8. The first-order valence-corrected chi connectivity index (χ1v) is 14.7. The number of imidazole rings is 1. The average Bonchev–Trinajstić information content (AvgIpc) is 3.65. The van der Waals surface area contributed by atoms with Crippen molar-refractivity contribution in [2.45, 2.75) is 19.3 Å². The molecule has 0 saturated carbocycles. The molecule has 8 rings (SSSR count). The van der Waals surface area contributed by atoms with Crippen molar-refractivity contribution in [3.8, 4) is 28.2 Å². The smallest absolute Gasteiger partial charge is 0.227 e. The van der Waals surface area contributed by atoms with Gasteiger partial charge in [0.1, 0.15) is 11.6 Å². The molecule has 5 heteroatoms. The lowest BCUT2D eigenvalue weighted by atomic mass is 9.81. The minimum atomic E-state index is -0.365. The zero-order valence-electron chi connectivity index (χ0n) is 24.3. The number of benzene rings is 5. The Bertz CT molecular complexity index is 2300. The van der Waals surface area contributed by atoms with E-state index in [1.807, 2.05) is 66.7 Å². The van der Waals surface area contributed by atoms with Crippen molar-refractivity contribution in [1.29, 1.82) is 0 Å². The van der Waals surface area contributed by atoms with Crippen molar-refractivity contribution < 1.29 is 8.81 Å². The molecule has 0 fully saturated rings. The van der Waals surface area contributed by atoms with Gasteiger partial charge < -0.3 is 4.42 Å². The quantitative estimate of drug-likeness (QED) is 0.206. The van der Waals surface area contributed by atoms with E-state index in [4.69, 9.17) is 14.4 Å². The van der Waals surface area contributed by atoms with Crippen LogP contribution in [0.1, 0.15) is 25.1 Å². The molecule has 0 radical (unpaired) electrons. The minimum Gasteiger partial charge on any atom is -0.437 e. The van der Waals surface area contributed by atoms with Crippen LogP contribution in [0.3, 0.4) is 0 Å². The van der Waals surface area contributed by atoms with Crippen molar-refractivity contribution >= 4 is 33.1 Å². The van der Waals surface area contributed by atoms with E-state index >= 15 is 4.39 Å². The van der Waals surface area contributed by atoms with E-state index in [1.54, 1.807) is 6.07 Å². The fourth-order valence-corrected chi connectivity index (χ4v) is 6.15. The molecular weight excluding hydrogens is 545 g/mol. The van der Waals surface area contributed by atoms with Gasteiger partial charge in [-0.15, -0.1) is 0 Å². The van der Waals surface area contributed by atoms with Crippen LogP contribution >= 0.6 is 0 Å². The second kappa shape index (κ2) is 10.0. The van der Waals surface area contributed by atoms with Gasteiger partial charge in [0, 0.05) is 11.1 Å². The van der Waals surface area contributed by atoms with Gasteiger partial charge in [-0.1, -0.05) is 98.8 Å². The summed E-state index contributed by atoms with van der Waals surface area (Å²) in [5, 5.41) is 1.05. The number of para-hydroxylation sites is 2. The third-order valence-corrected chi connectivity index (χ3v) is 8.61. The van der Waals surface area contributed by atoms with Crippen LogP contribution in [0.2, 0.25) is 0 Å². The highest BCUT2D eigenvalue weighted by molar-refractivity contribution is 6.09. The number of rotatable bonds is 5. The van der Waals surface area contributed by atoms with Crippen LogP contribution in [0.25, 0.3) is 61.3 Å². The number of hydrogen-bond donors (Lipinski definition) is 0. The number of fused-ring (bicyclic) bond motifs is 4. The number of aromatic nitrogens is 3. The van der Waals surface area contributed by atoms with Crippen molar-refractivity contribution in [2.24, 2.45) is 0 Å². The largest absolute Gasteiger partial charge is 0.437 e. The number of hydrogen-bond acceptors (Lipinski definition) is 3. The highest BCUT2D eigenvalue weighted by atomic mass is 19.1. The summed E-state index contributed by atoms with van der Waals surface area (Å²) in [6.07, 6.45) is 0. The highest BCUT2D eigenvalue weighted by Crippen LogP contribution is 2.40. The number of pyridine rings is 1. The van der Waals surface area contributed by atoms with Crippen molar-refractivity contribution in [2.75, 3.05) is 0 Å². The molecular formula is C39H28FN3O. The SMILES string of the molecule is CC(C)(c1ccccc1)c1ccc2c(n1)oc1c(-c3nc4ccccc4n3-c3ccc(-c4ccccc4)cc3)ccc(F)c12. The van der Waals surface area contributed by atoms with Crippen LogP contribution in [-0.2, 0) is 5.41 Å². The molecule has 3 aromatic heterocycles. The molecule has 8 aromatic rings. The number of nitrogens with zero attached hydrogens (tertiary/aromatic N) is 3. The summed E-state index contributed by atoms with van der Waals surface area (Å²) in [7, 11) is 0. The Kier molecular flexibility index (Phi) is 5.95. The molecule has 3 heterocycles. The summed E-state index contributed by atoms with van der Waals surface area (Å²) in [4.78, 5) is 9.98. The van der Waals surface area contributed by atoms with Crippen molar-refractivity contribution in [3.63, 3.8) is 0 Å². The maximum absolute atomic E-state index is 15.6. The van der Waals surface area contributed by atoms with E-state index in [0.29, 0.717) is 33.5 Å². The molecule has 0 aliphatic heterocycles. The first kappa shape index (κ1) is 26.1. The molecule has 0 saturated heterocycles. The first-order valence-electron chi connectivity index (χ1n) is 14.7. The van der Waals surface area contributed by atoms with Crippen molar-refractivity contribution in [3.05, 3.63) is 151 Å². The van der Waals surface area contributed by atoms with E-state index in [9.17, 15) is 0 Å². The molecule has 0 aliphatic rings. The lowest BCUT2D eigenvalue weighted by Gasteiger charge is -2.24. The van der Waals surface area contributed by atoms with Gasteiger partial charge in [0.2, 0.25) is 5.71 Å². The summed E-state index contributed by atoms with van der Waals surface area (Å²) in [5.41, 5.74) is 8.18. The standard InChI is InChI=1S/C39H28FN3O/c1-39(2,27-13-7-4-8-14-27)34-24-22-29-35-31(40)23-21-30(36(35)44-38(29)42-34)37-41-32-15-9-10-16-33(32)43(37)28-19-17-26(18-20-28)25-11-5-3-6-12-25/h3-24H,1-2H3. The first-order chi connectivity index (χ1) is 21.5. The third-order valence-electron chi connectivity index (χ3n) is 8.61. The average molecular weight is 574 g/mol. The molecule has 4 nitrogen and oxygen atoms in total. The van der Waals surface area contributed by atoms with Crippen LogP contribution in [-0.4, -0.2) is 14.5 Å². The van der Waals surface area contributed by atoms with Gasteiger partial charge in [-0.3, -0.25) is 4.57 Å². The molecule has 0 amide bonds. The fourth-order valence-electron chi connectivity index (χ4n) is 6.15. The maximum atomic E-state index is 15.6. The van der Waals surface area contributed by atoms with Gasteiger partial charge in [0.05, 0.1) is 33.1 Å². The van der Waals surface area contributed by atoms with E-state index in [2.05, 4.69) is 73.0 Å². The van der Waals surface area contributed by atoms with E-state index < -0.39 is 0 Å². The Morgan fingerprint density at radius 2 is 1.34 bits per heavy atom. The van der Waals surface area contributed by atoms with Gasteiger partial charge in [-0.2, -0.15) is 0 Å². The van der Waals surface area contributed by atoms with Crippen LogP contribution in [0, 0.1) is 5.82 Å². The lowest BCUT2D eigenvalue weighted by Crippen LogP contribution is -2.20. The zero-order valence-corrected chi connectivity index (χ0v) is 24.3. The second-order valence-electron chi connectivity index (χ2n) is 11.6. The van der Waals surface area contributed by atoms with Crippen LogP contribution in [0.5, 0.6) is 0 Å². The summed E-state index contributed by atoms with van der Waals surface area (Å²) >= 11 is 0. The minimum absolute atomic E-state index is 0.353. The molecule has 44 heavy (non-hydrogen) atoms. The van der Waals surface area contributed by atoms with Gasteiger partial charge in [0.15, 0.2) is 5.58 Å². The van der Waals surface area contributed by atoms with Crippen molar-refractivity contribution in [1.82, 2.24) is 14.5 Å². The Hall–Kier alpha value is -5.55. The molecule has 0 N–H and O–H groups in total. The summed E-state index contributed by atoms with van der Waals surface area (Å²) in [6.45, 7) is 4.27. The van der Waals surface area contributed by atoms with E-state index in [0.717, 1.165) is 39.1 Å². The fraction of sp³-hybridized carbons (Fsp3) is 0.0769. The molecule has 5 aromatic carbocycles. The van der Waals surface area contributed by atoms with E-state index in [-0.39, 0.29) is 11.2 Å². The molecule has 0 aliphatic carbocycles. The third kappa shape index (κ3) is 4.12. The second-order valence-corrected chi connectivity index (χ2v) is 11.6. The monoisotopic (exact) mass is 573 g/mol. The molecule has 0 spiro atoms. The molecule has 0 unspecified atom stereocenters. The molecule has 212 valence electrons. The topological polar surface area (TPSA) is 43.9 Å². The summed E-state index contributed by atoms with van der Waals surface area (Å²) < 4.78 is 24.1. The Balaban J connectivity index is 1.32. The van der Waals surface area contributed by atoms with E-state index in [1.165, 1.54) is 6.07 Å².